The van der Waals surface area contributed by atoms with Gasteiger partial charge in [-0.1, -0.05) is 101 Å². The van der Waals surface area contributed by atoms with Crippen LogP contribution < -0.4 is 5.32 Å². The lowest BCUT2D eigenvalue weighted by Gasteiger charge is -2.39. The minimum Gasteiger partial charge on any atom is -0.303 e. The van der Waals surface area contributed by atoms with Gasteiger partial charge < -0.3 is 5.32 Å². The molecule has 28 heavy (non-hydrogen) atoms. The molecule has 0 saturated heterocycles. The van der Waals surface area contributed by atoms with E-state index in [1.165, 1.54) is 0 Å². The van der Waals surface area contributed by atoms with Crippen molar-refractivity contribution in [1.29, 1.82) is 0 Å². The summed E-state index contributed by atoms with van der Waals surface area (Å²) in [5.41, 5.74) is 3.33. The molecule has 0 amide bonds. The summed E-state index contributed by atoms with van der Waals surface area (Å²) in [5, 5.41) is 3.50. The molecule has 1 atom stereocenters. The molecule has 0 aromatic heterocycles. The number of likely N-dealkylation sites (N-methyl/N-ethyl adjacent to an activating group) is 1. The molecule has 2 heteroatoms. The molecule has 0 heterocycles. The number of hydrogen-bond acceptors (Lipinski definition) is 2. The molecule has 1 unspecified atom stereocenters. The van der Waals surface area contributed by atoms with Crippen LogP contribution in [0.15, 0.2) is 84.5 Å². The lowest BCUT2D eigenvalue weighted by Crippen LogP contribution is -2.44. The molecule has 1 N–H and O–H groups in total. The normalized spacial score (nSPS) is 15.4. The molecule has 1 aromatic carbocycles. The maximum absolute atomic E-state index is 11.7. The van der Waals surface area contributed by atoms with Gasteiger partial charge in [0.15, 0.2) is 0 Å². The second-order valence-electron chi connectivity index (χ2n) is 5.68. The first-order valence-corrected chi connectivity index (χ1v) is 10.3. The van der Waals surface area contributed by atoms with Crippen LogP contribution in [-0.4, -0.2) is 13.3 Å². The van der Waals surface area contributed by atoms with Gasteiger partial charge in [0.25, 0.3) is 0 Å². The lowest BCUT2D eigenvalue weighted by atomic mass is 9.73. The van der Waals surface area contributed by atoms with Crippen LogP contribution in [0.1, 0.15) is 63.4 Å². The van der Waals surface area contributed by atoms with E-state index in [0.717, 1.165) is 35.8 Å². The van der Waals surface area contributed by atoms with Crippen molar-refractivity contribution in [3.8, 4) is 0 Å². The third-order valence-corrected chi connectivity index (χ3v) is 4.45. The summed E-state index contributed by atoms with van der Waals surface area (Å²) in [7, 11) is 1.94. The largest absolute Gasteiger partial charge is 0.303 e. The second kappa shape index (κ2) is 14.6. The fraction of sp³-hybridized carbons (Fsp3) is 0.346. The van der Waals surface area contributed by atoms with Gasteiger partial charge in [-0.2, -0.15) is 0 Å². The standard InChI is InChI=1S/C22H25NO.2C2H6/c1-4-6-13-19(5-2)22(23-3,20-14-8-7-9-15-20)21-16-11-10-12-18(21)17-24;2*1-2/h4-6,8,10-17,23H,1,7,9H2,2-3H3;2*1-2H3/b13-6-,19-5+;;. The van der Waals surface area contributed by atoms with Gasteiger partial charge in [-0.05, 0) is 43.5 Å². The number of carbonyl (C=O) groups is 1. The van der Waals surface area contributed by atoms with E-state index < -0.39 is 5.54 Å². The van der Waals surface area contributed by atoms with Gasteiger partial charge in [0.1, 0.15) is 6.29 Å². The van der Waals surface area contributed by atoms with E-state index in [0.29, 0.717) is 5.56 Å². The van der Waals surface area contributed by atoms with Crippen molar-refractivity contribution in [3.63, 3.8) is 0 Å². The molecule has 2 rings (SSSR count). The molecule has 1 aromatic rings. The van der Waals surface area contributed by atoms with Crippen LogP contribution in [0.25, 0.3) is 0 Å². The number of rotatable bonds is 7. The fourth-order valence-corrected chi connectivity index (χ4v) is 3.34. The minimum atomic E-state index is -0.567. The van der Waals surface area contributed by atoms with Crippen molar-refractivity contribution in [2.45, 2.75) is 53.0 Å². The monoisotopic (exact) mass is 379 g/mol. The van der Waals surface area contributed by atoms with Gasteiger partial charge >= 0.3 is 0 Å². The van der Waals surface area contributed by atoms with Gasteiger partial charge in [-0.25, -0.2) is 0 Å². The first kappa shape index (κ1) is 25.6. The SMILES string of the molecule is C=C/C=C\C(=C/C)C(NC)(C1=CCCC=C1)c1ccccc1C=O.CC.CC. The highest BCUT2D eigenvalue weighted by atomic mass is 16.1. The Labute approximate surface area is 172 Å². The van der Waals surface area contributed by atoms with E-state index in [9.17, 15) is 4.79 Å². The van der Waals surface area contributed by atoms with Crippen molar-refractivity contribution in [2.75, 3.05) is 7.05 Å². The van der Waals surface area contributed by atoms with Crippen molar-refractivity contribution in [2.24, 2.45) is 0 Å². The Morgan fingerprint density at radius 3 is 2.32 bits per heavy atom. The number of aldehydes is 1. The number of allylic oxidation sites excluding steroid dienone is 5. The number of hydrogen-bond donors (Lipinski definition) is 1. The van der Waals surface area contributed by atoms with Gasteiger partial charge in [-0.15, -0.1) is 0 Å². The van der Waals surface area contributed by atoms with Gasteiger partial charge in [0, 0.05) is 5.56 Å². The first-order chi connectivity index (χ1) is 13.7. The van der Waals surface area contributed by atoms with Crippen LogP contribution in [0.4, 0.5) is 0 Å². The molecule has 0 saturated carbocycles. The molecule has 0 bridgehead atoms. The molecule has 0 spiro atoms. The predicted octanol–water partition coefficient (Wildman–Crippen LogP) is 6.93. The predicted molar refractivity (Wildman–Crippen MR) is 125 cm³/mol. The molecule has 0 radical (unpaired) electrons. The molecular formula is C26H37NO. The maximum Gasteiger partial charge on any atom is 0.150 e. The van der Waals surface area contributed by atoms with E-state index in [2.05, 4.69) is 36.2 Å². The minimum absolute atomic E-state index is 0.567. The van der Waals surface area contributed by atoms with Crippen LogP contribution in [0.2, 0.25) is 0 Å². The highest BCUT2D eigenvalue weighted by molar-refractivity contribution is 5.79. The van der Waals surface area contributed by atoms with Crippen molar-refractivity contribution >= 4 is 6.29 Å². The highest BCUT2D eigenvalue weighted by Crippen LogP contribution is 2.40. The van der Waals surface area contributed by atoms with Gasteiger partial charge in [-0.3, -0.25) is 4.79 Å². The summed E-state index contributed by atoms with van der Waals surface area (Å²) in [6.07, 6.45) is 17.4. The summed E-state index contributed by atoms with van der Waals surface area (Å²) in [6.45, 7) is 13.8. The van der Waals surface area contributed by atoms with Gasteiger partial charge in [0.05, 0.1) is 5.54 Å². The fourth-order valence-electron chi connectivity index (χ4n) is 3.34. The third kappa shape index (κ3) is 5.77. The Bertz CT molecular complexity index is 722. The number of benzene rings is 1. The average Bonchev–Trinajstić information content (AvgIpc) is 2.80. The van der Waals surface area contributed by atoms with Gasteiger partial charge in [0.2, 0.25) is 0 Å². The molecule has 2 nitrogen and oxygen atoms in total. The van der Waals surface area contributed by atoms with Crippen LogP contribution in [-0.2, 0) is 5.54 Å². The van der Waals surface area contributed by atoms with Crippen molar-refractivity contribution in [3.05, 3.63) is 95.6 Å². The van der Waals surface area contributed by atoms with E-state index >= 15 is 0 Å². The Balaban J connectivity index is 0.00000171. The Kier molecular flexibility index (Phi) is 13.3. The molecule has 0 fully saturated rings. The Hall–Kier alpha value is -2.45. The summed E-state index contributed by atoms with van der Waals surface area (Å²) in [6, 6.07) is 7.76. The van der Waals surface area contributed by atoms with Crippen molar-refractivity contribution in [1.82, 2.24) is 5.32 Å². The molecule has 0 aliphatic heterocycles. The van der Waals surface area contributed by atoms with E-state index in [1.54, 1.807) is 6.08 Å². The molecule has 1 aliphatic carbocycles. The van der Waals surface area contributed by atoms with Crippen LogP contribution in [0.3, 0.4) is 0 Å². The smallest absolute Gasteiger partial charge is 0.150 e. The quantitative estimate of drug-likeness (QED) is 0.411. The molecule has 152 valence electrons. The molecular weight excluding hydrogens is 342 g/mol. The average molecular weight is 380 g/mol. The number of nitrogens with one attached hydrogen (secondary N) is 1. The zero-order valence-corrected chi connectivity index (χ0v) is 18.5. The van der Waals surface area contributed by atoms with Crippen LogP contribution >= 0.6 is 0 Å². The summed E-state index contributed by atoms with van der Waals surface area (Å²) in [4.78, 5) is 11.7. The summed E-state index contributed by atoms with van der Waals surface area (Å²) >= 11 is 0. The maximum atomic E-state index is 11.7. The van der Waals surface area contributed by atoms with Crippen LogP contribution in [0.5, 0.6) is 0 Å². The third-order valence-electron chi connectivity index (χ3n) is 4.45. The second-order valence-corrected chi connectivity index (χ2v) is 5.68. The Morgan fingerprint density at radius 1 is 1.14 bits per heavy atom. The zero-order chi connectivity index (χ0) is 21.4. The van der Waals surface area contributed by atoms with E-state index in [-0.39, 0.29) is 0 Å². The van der Waals surface area contributed by atoms with E-state index in [4.69, 9.17) is 0 Å². The summed E-state index contributed by atoms with van der Waals surface area (Å²) in [5.74, 6) is 0. The topological polar surface area (TPSA) is 29.1 Å². The summed E-state index contributed by atoms with van der Waals surface area (Å²) < 4.78 is 0. The van der Waals surface area contributed by atoms with Crippen LogP contribution in [0, 0.1) is 0 Å². The zero-order valence-electron chi connectivity index (χ0n) is 18.5. The molecule has 1 aliphatic rings. The lowest BCUT2D eigenvalue weighted by molar-refractivity contribution is 0.112. The van der Waals surface area contributed by atoms with E-state index in [1.807, 2.05) is 78.1 Å². The number of carbonyl (C=O) groups excluding carboxylic acids is 1. The Morgan fingerprint density at radius 2 is 1.82 bits per heavy atom. The highest BCUT2D eigenvalue weighted by Gasteiger charge is 2.38. The first-order valence-electron chi connectivity index (χ1n) is 10.3. The van der Waals surface area contributed by atoms with Crippen molar-refractivity contribution < 1.29 is 4.79 Å².